The van der Waals surface area contributed by atoms with Crippen LogP contribution in [0.1, 0.15) is 37.3 Å². The standard InChI is InChI=1S/C20H28N2O/c1-2-11-22(15-6-14-21-12-3-4-13-21)18-9-10-19-17(16-18)7-5-8-20(19)23/h3-5,7-8,12-13,18,23H,2,6,9-11,14-16H2,1H3. The molecule has 1 N–H and O–H groups in total. The van der Waals surface area contributed by atoms with Gasteiger partial charge in [0.25, 0.3) is 0 Å². The van der Waals surface area contributed by atoms with Gasteiger partial charge in [0.1, 0.15) is 5.75 Å². The van der Waals surface area contributed by atoms with Gasteiger partial charge in [0, 0.05) is 31.5 Å². The molecule has 0 amide bonds. The number of rotatable bonds is 7. The van der Waals surface area contributed by atoms with Gasteiger partial charge >= 0.3 is 0 Å². The highest BCUT2D eigenvalue weighted by atomic mass is 16.3. The number of phenolic OH excluding ortho intramolecular Hbond substituents is 1. The van der Waals surface area contributed by atoms with Crippen molar-refractivity contribution in [3.8, 4) is 5.75 Å². The van der Waals surface area contributed by atoms with Crippen molar-refractivity contribution in [2.24, 2.45) is 0 Å². The van der Waals surface area contributed by atoms with Crippen LogP contribution in [-0.4, -0.2) is 33.7 Å². The summed E-state index contributed by atoms with van der Waals surface area (Å²) >= 11 is 0. The maximum absolute atomic E-state index is 10.0. The highest BCUT2D eigenvalue weighted by Gasteiger charge is 2.24. The maximum Gasteiger partial charge on any atom is 0.119 e. The van der Waals surface area contributed by atoms with E-state index in [-0.39, 0.29) is 0 Å². The Morgan fingerprint density at radius 1 is 1.17 bits per heavy atom. The Balaban J connectivity index is 1.60. The minimum atomic E-state index is 0.482. The van der Waals surface area contributed by atoms with E-state index >= 15 is 0 Å². The number of aromatic nitrogens is 1. The van der Waals surface area contributed by atoms with Crippen LogP contribution in [-0.2, 0) is 19.4 Å². The van der Waals surface area contributed by atoms with Gasteiger partial charge in [-0.15, -0.1) is 0 Å². The van der Waals surface area contributed by atoms with Gasteiger partial charge in [-0.1, -0.05) is 19.1 Å². The Kier molecular flexibility index (Phi) is 5.39. The van der Waals surface area contributed by atoms with Gasteiger partial charge in [0.15, 0.2) is 0 Å². The second-order valence-corrected chi connectivity index (χ2v) is 6.62. The van der Waals surface area contributed by atoms with Crippen LogP contribution in [0.25, 0.3) is 0 Å². The summed E-state index contributed by atoms with van der Waals surface area (Å²) in [5.74, 6) is 0.482. The van der Waals surface area contributed by atoms with Gasteiger partial charge in [0.05, 0.1) is 0 Å². The molecule has 3 rings (SSSR count). The zero-order chi connectivity index (χ0) is 16.1. The number of hydrogen-bond donors (Lipinski definition) is 1. The van der Waals surface area contributed by atoms with Crippen molar-refractivity contribution in [2.45, 2.75) is 51.6 Å². The van der Waals surface area contributed by atoms with E-state index in [0.29, 0.717) is 11.8 Å². The Morgan fingerprint density at radius 3 is 2.78 bits per heavy atom. The van der Waals surface area contributed by atoms with Gasteiger partial charge in [-0.25, -0.2) is 0 Å². The summed E-state index contributed by atoms with van der Waals surface area (Å²) in [5.41, 5.74) is 2.51. The molecule has 1 aliphatic carbocycles. The number of aryl methyl sites for hydroxylation is 1. The molecule has 124 valence electrons. The topological polar surface area (TPSA) is 28.4 Å². The predicted octanol–water partition coefficient (Wildman–Crippen LogP) is 3.85. The monoisotopic (exact) mass is 312 g/mol. The lowest BCUT2D eigenvalue weighted by atomic mass is 9.86. The Hall–Kier alpha value is -1.74. The first kappa shape index (κ1) is 16.1. The van der Waals surface area contributed by atoms with E-state index in [2.05, 4.69) is 47.0 Å². The van der Waals surface area contributed by atoms with Crippen LogP contribution >= 0.6 is 0 Å². The summed E-state index contributed by atoms with van der Waals surface area (Å²) in [6.07, 6.45) is 9.92. The first-order chi connectivity index (χ1) is 11.3. The lowest BCUT2D eigenvalue weighted by molar-refractivity contribution is 0.174. The van der Waals surface area contributed by atoms with Gasteiger partial charge in [0.2, 0.25) is 0 Å². The average molecular weight is 312 g/mol. The van der Waals surface area contributed by atoms with Crippen LogP contribution < -0.4 is 0 Å². The molecule has 0 saturated heterocycles. The van der Waals surface area contributed by atoms with Crippen molar-refractivity contribution >= 4 is 0 Å². The fraction of sp³-hybridized carbons (Fsp3) is 0.500. The summed E-state index contributed by atoms with van der Waals surface area (Å²) in [5, 5.41) is 10.0. The fourth-order valence-corrected chi connectivity index (χ4v) is 3.82. The number of phenols is 1. The van der Waals surface area contributed by atoms with Crippen LogP contribution in [0.15, 0.2) is 42.7 Å². The first-order valence-corrected chi connectivity index (χ1v) is 8.92. The molecule has 2 aromatic rings. The van der Waals surface area contributed by atoms with E-state index < -0.39 is 0 Å². The maximum atomic E-state index is 10.0. The van der Waals surface area contributed by atoms with E-state index in [1.807, 2.05) is 12.1 Å². The molecule has 3 nitrogen and oxygen atoms in total. The van der Waals surface area contributed by atoms with Crippen molar-refractivity contribution in [3.05, 3.63) is 53.9 Å². The van der Waals surface area contributed by atoms with Crippen LogP contribution in [0.4, 0.5) is 0 Å². The molecule has 1 atom stereocenters. The Morgan fingerprint density at radius 2 is 2.00 bits per heavy atom. The van der Waals surface area contributed by atoms with Crippen LogP contribution in [0.3, 0.4) is 0 Å². The summed E-state index contributed by atoms with van der Waals surface area (Å²) in [7, 11) is 0. The minimum Gasteiger partial charge on any atom is -0.508 e. The van der Waals surface area contributed by atoms with Crippen LogP contribution in [0.5, 0.6) is 5.75 Å². The van der Waals surface area contributed by atoms with Crippen molar-refractivity contribution in [1.29, 1.82) is 0 Å². The number of hydrogen-bond acceptors (Lipinski definition) is 2. The van der Waals surface area contributed by atoms with E-state index in [1.165, 1.54) is 30.5 Å². The summed E-state index contributed by atoms with van der Waals surface area (Å²) in [6, 6.07) is 10.8. The molecule has 0 radical (unpaired) electrons. The average Bonchev–Trinajstić information content (AvgIpc) is 3.07. The zero-order valence-corrected chi connectivity index (χ0v) is 14.1. The number of nitrogens with zero attached hydrogens (tertiary/aromatic N) is 2. The smallest absolute Gasteiger partial charge is 0.119 e. The SMILES string of the molecule is CCCN(CCCn1cccc1)C1CCc2c(O)cccc2C1. The van der Waals surface area contributed by atoms with Crippen molar-refractivity contribution in [1.82, 2.24) is 9.47 Å². The molecule has 0 bridgehead atoms. The molecule has 0 spiro atoms. The molecule has 0 saturated carbocycles. The third-order valence-corrected chi connectivity index (χ3v) is 4.99. The second-order valence-electron chi connectivity index (χ2n) is 6.62. The van der Waals surface area contributed by atoms with Gasteiger partial charge < -0.3 is 9.67 Å². The Bertz CT molecular complexity index is 606. The number of fused-ring (bicyclic) bond motifs is 1. The molecule has 23 heavy (non-hydrogen) atoms. The van der Waals surface area contributed by atoms with Gasteiger partial charge in [-0.3, -0.25) is 4.90 Å². The van der Waals surface area contributed by atoms with Crippen LogP contribution in [0, 0.1) is 0 Å². The second kappa shape index (κ2) is 7.69. The number of benzene rings is 1. The molecular formula is C20H28N2O. The lowest BCUT2D eigenvalue weighted by Gasteiger charge is -2.35. The molecule has 1 unspecified atom stereocenters. The van der Waals surface area contributed by atoms with Gasteiger partial charge in [-0.2, -0.15) is 0 Å². The Labute approximate surface area is 139 Å². The van der Waals surface area contributed by atoms with E-state index in [9.17, 15) is 5.11 Å². The fourth-order valence-electron chi connectivity index (χ4n) is 3.82. The van der Waals surface area contributed by atoms with Crippen LogP contribution in [0.2, 0.25) is 0 Å². The number of aromatic hydroxyl groups is 1. The molecule has 1 heterocycles. The highest BCUT2D eigenvalue weighted by molar-refractivity contribution is 5.41. The molecule has 3 heteroatoms. The van der Waals surface area contributed by atoms with E-state index in [4.69, 9.17) is 0 Å². The van der Waals surface area contributed by atoms with E-state index in [1.54, 1.807) is 0 Å². The first-order valence-electron chi connectivity index (χ1n) is 8.92. The molecule has 0 fully saturated rings. The van der Waals surface area contributed by atoms with Crippen molar-refractivity contribution in [2.75, 3.05) is 13.1 Å². The summed E-state index contributed by atoms with van der Waals surface area (Å²) in [4.78, 5) is 2.66. The lowest BCUT2D eigenvalue weighted by Crippen LogP contribution is -2.40. The quantitative estimate of drug-likeness (QED) is 0.841. The molecule has 0 aliphatic heterocycles. The minimum absolute atomic E-state index is 0.482. The highest BCUT2D eigenvalue weighted by Crippen LogP contribution is 2.30. The largest absolute Gasteiger partial charge is 0.508 e. The van der Waals surface area contributed by atoms with Crippen molar-refractivity contribution in [3.63, 3.8) is 0 Å². The molecule has 1 aliphatic rings. The molecule has 1 aromatic carbocycles. The third-order valence-electron chi connectivity index (χ3n) is 4.99. The normalized spacial score (nSPS) is 17.4. The summed E-state index contributed by atoms with van der Waals surface area (Å²) in [6.45, 7) is 5.69. The third kappa shape index (κ3) is 3.97. The van der Waals surface area contributed by atoms with E-state index in [0.717, 1.165) is 32.4 Å². The zero-order valence-electron chi connectivity index (χ0n) is 14.1. The molecule has 1 aromatic heterocycles. The molecular weight excluding hydrogens is 284 g/mol. The summed E-state index contributed by atoms with van der Waals surface area (Å²) < 4.78 is 2.26. The van der Waals surface area contributed by atoms with Gasteiger partial charge in [-0.05, 0) is 68.0 Å². The predicted molar refractivity (Wildman–Crippen MR) is 94.8 cm³/mol. The van der Waals surface area contributed by atoms with Crippen molar-refractivity contribution < 1.29 is 5.11 Å².